The Morgan fingerprint density at radius 3 is 2.88 bits per heavy atom. The van der Waals surface area contributed by atoms with Gasteiger partial charge in [-0.15, -0.1) is 11.8 Å². The standard InChI is InChI=1S/C14H15NOS/c1-17-9-6-7-11-13(8-9)15-12-5-3-2-4-10(12)14(11)16/h6-8H,2-5H2,1H3,(H,15,16). The average Bonchev–Trinajstić information content (AvgIpc) is 2.38. The monoisotopic (exact) mass is 245 g/mol. The summed E-state index contributed by atoms with van der Waals surface area (Å²) >= 11 is 1.70. The molecular formula is C14H15NOS. The molecule has 0 bridgehead atoms. The SMILES string of the molecule is CSc1ccc2c(=O)c3c([nH]c2c1)CCCC3. The van der Waals surface area contributed by atoms with Crippen molar-refractivity contribution in [1.29, 1.82) is 0 Å². The van der Waals surface area contributed by atoms with Crippen molar-refractivity contribution >= 4 is 22.7 Å². The first-order valence-corrected chi connectivity index (χ1v) is 7.24. The molecule has 1 heterocycles. The normalized spacial score (nSPS) is 14.9. The van der Waals surface area contributed by atoms with Gasteiger partial charge in [0.05, 0.1) is 5.52 Å². The Hall–Kier alpha value is -1.22. The number of hydrogen-bond donors (Lipinski definition) is 1. The molecule has 2 nitrogen and oxygen atoms in total. The Balaban J connectivity index is 2.32. The summed E-state index contributed by atoms with van der Waals surface area (Å²) in [6.07, 6.45) is 6.34. The van der Waals surface area contributed by atoms with Gasteiger partial charge in [-0.2, -0.15) is 0 Å². The maximum Gasteiger partial charge on any atom is 0.192 e. The van der Waals surface area contributed by atoms with Crippen molar-refractivity contribution in [3.8, 4) is 0 Å². The summed E-state index contributed by atoms with van der Waals surface area (Å²) in [5.74, 6) is 0. The molecule has 1 N–H and O–H groups in total. The zero-order valence-electron chi connectivity index (χ0n) is 9.88. The number of rotatable bonds is 1. The van der Waals surface area contributed by atoms with Gasteiger partial charge in [-0.3, -0.25) is 4.79 Å². The van der Waals surface area contributed by atoms with Crippen LogP contribution in [0.3, 0.4) is 0 Å². The van der Waals surface area contributed by atoms with Crippen molar-refractivity contribution in [1.82, 2.24) is 4.98 Å². The highest BCUT2D eigenvalue weighted by atomic mass is 32.2. The van der Waals surface area contributed by atoms with E-state index in [0.717, 1.165) is 41.4 Å². The Bertz CT molecular complexity index is 630. The van der Waals surface area contributed by atoms with E-state index < -0.39 is 0 Å². The number of benzene rings is 1. The highest BCUT2D eigenvalue weighted by molar-refractivity contribution is 7.98. The third-order valence-electron chi connectivity index (χ3n) is 3.50. The molecule has 2 aromatic rings. The number of pyridine rings is 1. The van der Waals surface area contributed by atoms with Crippen molar-refractivity contribution in [3.63, 3.8) is 0 Å². The van der Waals surface area contributed by atoms with Crippen LogP contribution >= 0.6 is 11.8 Å². The van der Waals surface area contributed by atoms with Gasteiger partial charge in [0.15, 0.2) is 5.43 Å². The Kier molecular flexibility index (Phi) is 2.71. The summed E-state index contributed by atoms with van der Waals surface area (Å²) in [6.45, 7) is 0. The van der Waals surface area contributed by atoms with Gasteiger partial charge >= 0.3 is 0 Å². The van der Waals surface area contributed by atoms with Gasteiger partial charge in [0, 0.05) is 21.5 Å². The van der Waals surface area contributed by atoms with Gasteiger partial charge in [0.1, 0.15) is 0 Å². The second-order valence-electron chi connectivity index (χ2n) is 4.53. The van der Waals surface area contributed by atoms with Crippen LogP contribution in [0.15, 0.2) is 27.9 Å². The summed E-state index contributed by atoms with van der Waals surface area (Å²) in [5.41, 5.74) is 3.40. The van der Waals surface area contributed by atoms with Crippen LogP contribution in [0.5, 0.6) is 0 Å². The second-order valence-corrected chi connectivity index (χ2v) is 5.41. The number of thioether (sulfide) groups is 1. The van der Waals surface area contributed by atoms with Crippen molar-refractivity contribution in [2.24, 2.45) is 0 Å². The number of aromatic amines is 1. The molecule has 0 aliphatic heterocycles. The first-order chi connectivity index (χ1) is 8.29. The van der Waals surface area contributed by atoms with E-state index >= 15 is 0 Å². The quantitative estimate of drug-likeness (QED) is 0.783. The van der Waals surface area contributed by atoms with E-state index in [9.17, 15) is 4.79 Å². The minimum Gasteiger partial charge on any atom is -0.358 e. The maximum absolute atomic E-state index is 12.3. The largest absolute Gasteiger partial charge is 0.358 e. The number of aromatic nitrogens is 1. The van der Waals surface area contributed by atoms with E-state index in [1.54, 1.807) is 11.8 Å². The molecule has 3 heteroatoms. The Morgan fingerprint density at radius 1 is 1.24 bits per heavy atom. The molecule has 0 amide bonds. The van der Waals surface area contributed by atoms with Gasteiger partial charge < -0.3 is 4.98 Å². The van der Waals surface area contributed by atoms with Crippen LogP contribution in [0.2, 0.25) is 0 Å². The molecule has 0 radical (unpaired) electrons. The number of hydrogen-bond acceptors (Lipinski definition) is 2. The van der Waals surface area contributed by atoms with Gasteiger partial charge in [0.2, 0.25) is 0 Å². The third kappa shape index (κ3) is 1.78. The maximum atomic E-state index is 12.3. The minimum atomic E-state index is 0.237. The van der Waals surface area contributed by atoms with Gasteiger partial charge in [0.25, 0.3) is 0 Å². The number of fused-ring (bicyclic) bond motifs is 2. The number of aryl methyl sites for hydroxylation is 1. The molecule has 1 aliphatic carbocycles. The topological polar surface area (TPSA) is 32.9 Å². The van der Waals surface area contributed by atoms with Crippen LogP contribution < -0.4 is 5.43 Å². The highest BCUT2D eigenvalue weighted by Gasteiger charge is 2.15. The molecule has 0 saturated heterocycles. The fourth-order valence-corrected chi connectivity index (χ4v) is 3.01. The number of nitrogens with one attached hydrogen (secondary N) is 1. The van der Waals surface area contributed by atoms with Crippen molar-refractivity contribution in [2.75, 3.05) is 6.26 Å². The summed E-state index contributed by atoms with van der Waals surface area (Å²) in [5, 5.41) is 0.837. The summed E-state index contributed by atoms with van der Waals surface area (Å²) in [4.78, 5) is 17.0. The van der Waals surface area contributed by atoms with E-state index in [2.05, 4.69) is 17.3 Å². The van der Waals surface area contributed by atoms with E-state index in [0.29, 0.717) is 0 Å². The predicted octanol–water partition coefficient (Wildman–Crippen LogP) is 3.13. The van der Waals surface area contributed by atoms with Crippen molar-refractivity contribution in [3.05, 3.63) is 39.7 Å². The summed E-state index contributed by atoms with van der Waals surface area (Å²) < 4.78 is 0. The van der Waals surface area contributed by atoms with E-state index in [4.69, 9.17) is 0 Å². The first kappa shape index (κ1) is 10.9. The van der Waals surface area contributed by atoms with Crippen LogP contribution in [-0.4, -0.2) is 11.2 Å². The van der Waals surface area contributed by atoms with Crippen molar-refractivity contribution in [2.45, 2.75) is 30.6 Å². The lowest BCUT2D eigenvalue weighted by Gasteiger charge is -2.16. The van der Waals surface area contributed by atoms with Crippen LogP contribution in [0.1, 0.15) is 24.1 Å². The van der Waals surface area contributed by atoms with Gasteiger partial charge in [-0.05, 0) is 50.1 Å². The molecular weight excluding hydrogens is 230 g/mol. The second kappa shape index (κ2) is 4.22. The molecule has 1 aromatic heterocycles. The van der Waals surface area contributed by atoms with Crippen molar-refractivity contribution < 1.29 is 0 Å². The fourth-order valence-electron chi connectivity index (χ4n) is 2.57. The van der Waals surface area contributed by atoms with E-state index in [1.807, 2.05) is 12.1 Å². The molecule has 0 fully saturated rings. The van der Waals surface area contributed by atoms with Crippen LogP contribution in [-0.2, 0) is 12.8 Å². The van der Waals surface area contributed by atoms with E-state index in [-0.39, 0.29) is 5.43 Å². The van der Waals surface area contributed by atoms with Crippen LogP contribution in [0, 0.1) is 0 Å². The minimum absolute atomic E-state index is 0.237. The molecule has 0 unspecified atom stereocenters. The zero-order valence-corrected chi connectivity index (χ0v) is 10.7. The lowest BCUT2D eigenvalue weighted by atomic mass is 9.94. The first-order valence-electron chi connectivity index (χ1n) is 6.01. The molecule has 1 aromatic carbocycles. The van der Waals surface area contributed by atoms with Gasteiger partial charge in [-0.1, -0.05) is 0 Å². The molecule has 88 valence electrons. The Labute approximate surface area is 104 Å². The van der Waals surface area contributed by atoms with E-state index in [1.165, 1.54) is 11.3 Å². The molecule has 0 saturated carbocycles. The number of H-pyrrole nitrogens is 1. The smallest absolute Gasteiger partial charge is 0.192 e. The van der Waals surface area contributed by atoms with Crippen LogP contribution in [0.4, 0.5) is 0 Å². The highest BCUT2D eigenvalue weighted by Crippen LogP contribution is 2.23. The predicted molar refractivity (Wildman–Crippen MR) is 73.0 cm³/mol. The lowest BCUT2D eigenvalue weighted by molar-refractivity contribution is 0.667. The third-order valence-corrected chi connectivity index (χ3v) is 4.22. The Morgan fingerprint density at radius 2 is 2.06 bits per heavy atom. The molecule has 0 atom stereocenters. The molecule has 1 aliphatic rings. The molecule has 17 heavy (non-hydrogen) atoms. The molecule has 3 rings (SSSR count). The lowest BCUT2D eigenvalue weighted by Crippen LogP contribution is -2.18. The summed E-state index contributed by atoms with van der Waals surface area (Å²) in [7, 11) is 0. The zero-order chi connectivity index (χ0) is 11.8. The molecule has 0 spiro atoms. The fraction of sp³-hybridized carbons (Fsp3) is 0.357. The summed E-state index contributed by atoms with van der Waals surface area (Å²) in [6, 6.07) is 6.06. The van der Waals surface area contributed by atoms with Crippen LogP contribution in [0.25, 0.3) is 10.9 Å². The van der Waals surface area contributed by atoms with Gasteiger partial charge in [-0.25, -0.2) is 0 Å². The average molecular weight is 245 g/mol.